The molecule has 1 saturated heterocycles. The minimum Gasteiger partial charge on any atom is -0.313 e. The van der Waals surface area contributed by atoms with Gasteiger partial charge in [-0.1, -0.05) is 50.5 Å². The number of hydrogen-bond donors (Lipinski definition) is 1. The van der Waals surface area contributed by atoms with Gasteiger partial charge in [-0.3, -0.25) is 4.90 Å². The fourth-order valence-electron chi connectivity index (χ4n) is 2.90. The third-order valence-electron chi connectivity index (χ3n) is 4.13. The SMILES string of the molecule is CCCNCc1ccc(CN2CCCCCCC2)cc1. The summed E-state index contributed by atoms with van der Waals surface area (Å²) in [6.07, 6.45) is 8.22. The molecule has 1 heterocycles. The number of likely N-dealkylation sites (tertiary alicyclic amines) is 1. The summed E-state index contributed by atoms with van der Waals surface area (Å²) in [5, 5.41) is 3.46. The van der Waals surface area contributed by atoms with Gasteiger partial charge < -0.3 is 5.32 Å². The van der Waals surface area contributed by atoms with E-state index in [1.165, 1.54) is 62.7 Å². The average molecular weight is 274 g/mol. The Bertz CT molecular complexity index is 350. The van der Waals surface area contributed by atoms with Crippen molar-refractivity contribution in [3.63, 3.8) is 0 Å². The molecule has 20 heavy (non-hydrogen) atoms. The summed E-state index contributed by atoms with van der Waals surface area (Å²) in [6.45, 7) is 8.00. The van der Waals surface area contributed by atoms with Crippen LogP contribution in [0.5, 0.6) is 0 Å². The van der Waals surface area contributed by atoms with Crippen molar-refractivity contribution in [2.45, 2.75) is 58.5 Å². The Balaban J connectivity index is 1.79. The van der Waals surface area contributed by atoms with Gasteiger partial charge in [0.15, 0.2) is 0 Å². The smallest absolute Gasteiger partial charge is 0.0233 e. The maximum atomic E-state index is 3.46. The van der Waals surface area contributed by atoms with Gasteiger partial charge in [0.25, 0.3) is 0 Å². The maximum Gasteiger partial charge on any atom is 0.0233 e. The minimum atomic E-state index is 0.998. The van der Waals surface area contributed by atoms with E-state index in [1.54, 1.807) is 0 Å². The highest BCUT2D eigenvalue weighted by Crippen LogP contribution is 2.14. The molecule has 0 bridgehead atoms. The van der Waals surface area contributed by atoms with Crippen LogP contribution in [0.3, 0.4) is 0 Å². The predicted molar refractivity (Wildman–Crippen MR) is 86.8 cm³/mol. The number of rotatable bonds is 6. The molecule has 2 rings (SSSR count). The van der Waals surface area contributed by atoms with Crippen molar-refractivity contribution in [1.29, 1.82) is 0 Å². The van der Waals surface area contributed by atoms with Gasteiger partial charge in [0, 0.05) is 13.1 Å². The maximum absolute atomic E-state index is 3.46. The molecule has 1 aliphatic heterocycles. The Kier molecular flexibility index (Phi) is 7.10. The van der Waals surface area contributed by atoms with Crippen LogP contribution in [0.1, 0.15) is 56.6 Å². The van der Waals surface area contributed by atoms with Gasteiger partial charge >= 0.3 is 0 Å². The number of nitrogens with zero attached hydrogens (tertiary/aromatic N) is 1. The molecule has 1 fully saturated rings. The molecule has 1 aliphatic rings. The second-order valence-corrected chi connectivity index (χ2v) is 6.04. The van der Waals surface area contributed by atoms with E-state index >= 15 is 0 Å². The van der Waals surface area contributed by atoms with Crippen molar-refractivity contribution < 1.29 is 0 Å². The first kappa shape index (κ1) is 15.5. The van der Waals surface area contributed by atoms with E-state index in [9.17, 15) is 0 Å². The van der Waals surface area contributed by atoms with Crippen LogP contribution in [0.25, 0.3) is 0 Å². The molecule has 0 atom stereocenters. The third-order valence-corrected chi connectivity index (χ3v) is 4.13. The fourth-order valence-corrected chi connectivity index (χ4v) is 2.90. The van der Waals surface area contributed by atoms with E-state index in [2.05, 4.69) is 41.4 Å². The molecular weight excluding hydrogens is 244 g/mol. The van der Waals surface area contributed by atoms with Crippen molar-refractivity contribution in [2.24, 2.45) is 0 Å². The lowest BCUT2D eigenvalue weighted by atomic mass is 10.1. The van der Waals surface area contributed by atoms with Crippen LogP contribution in [-0.4, -0.2) is 24.5 Å². The quantitative estimate of drug-likeness (QED) is 0.790. The van der Waals surface area contributed by atoms with Crippen LogP contribution >= 0.6 is 0 Å². The van der Waals surface area contributed by atoms with Crippen molar-refractivity contribution in [3.05, 3.63) is 35.4 Å². The molecule has 1 aromatic rings. The van der Waals surface area contributed by atoms with Gasteiger partial charge in [-0.25, -0.2) is 0 Å². The number of benzene rings is 1. The minimum absolute atomic E-state index is 0.998. The second kappa shape index (κ2) is 9.15. The number of nitrogens with one attached hydrogen (secondary N) is 1. The molecule has 2 nitrogen and oxygen atoms in total. The Morgan fingerprint density at radius 1 is 0.900 bits per heavy atom. The van der Waals surface area contributed by atoms with E-state index in [0.29, 0.717) is 0 Å². The first-order valence-corrected chi connectivity index (χ1v) is 8.39. The lowest BCUT2D eigenvalue weighted by Crippen LogP contribution is -2.26. The van der Waals surface area contributed by atoms with Crippen molar-refractivity contribution in [3.8, 4) is 0 Å². The summed E-state index contributed by atoms with van der Waals surface area (Å²) in [5.41, 5.74) is 2.86. The Morgan fingerprint density at radius 2 is 1.50 bits per heavy atom. The van der Waals surface area contributed by atoms with Crippen LogP contribution in [-0.2, 0) is 13.1 Å². The van der Waals surface area contributed by atoms with Gasteiger partial charge in [0.1, 0.15) is 0 Å². The Labute approximate surface area is 124 Å². The van der Waals surface area contributed by atoms with Crippen LogP contribution in [0.15, 0.2) is 24.3 Å². The van der Waals surface area contributed by atoms with Gasteiger partial charge in [-0.05, 0) is 50.0 Å². The fraction of sp³-hybridized carbons (Fsp3) is 0.667. The average Bonchev–Trinajstić information content (AvgIpc) is 2.44. The van der Waals surface area contributed by atoms with Gasteiger partial charge in [-0.2, -0.15) is 0 Å². The summed E-state index contributed by atoms with van der Waals surface area (Å²) >= 11 is 0. The Morgan fingerprint density at radius 3 is 2.15 bits per heavy atom. The largest absolute Gasteiger partial charge is 0.313 e. The summed E-state index contributed by atoms with van der Waals surface area (Å²) in [7, 11) is 0. The second-order valence-electron chi connectivity index (χ2n) is 6.04. The molecule has 2 heteroatoms. The zero-order valence-electron chi connectivity index (χ0n) is 13.0. The van der Waals surface area contributed by atoms with Crippen LogP contribution in [0.2, 0.25) is 0 Å². The van der Waals surface area contributed by atoms with Gasteiger partial charge in [-0.15, -0.1) is 0 Å². The van der Waals surface area contributed by atoms with Crippen LogP contribution < -0.4 is 5.32 Å². The highest BCUT2D eigenvalue weighted by Gasteiger charge is 2.08. The molecule has 1 aromatic carbocycles. The lowest BCUT2D eigenvalue weighted by molar-refractivity contribution is 0.240. The first-order chi connectivity index (χ1) is 9.88. The van der Waals surface area contributed by atoms with Crippen LogP contribution in [0, 0.1) is 0 Å². The molecule has 0 radical (unpaired) electrons. The van der Waals surface area contributed by atoms with Crippen molar-refractivity contribution in [2.75, 3.05) is 19.6 Å². The van der Waals surface area contributed by atoms with E-state index in [4.69, 9.17) is 0 Å². The van der Waals surface area contributed by atoms with E-state index in [0.717, 1.165) is 19.6 Å². The zero-order chi connectivity index (χ0) is 14.0. The first-order valence-electron chi connectivity index (χ1n) is 8.39. The van der Waals surface area contributed by atoms with Crippen LogP contribution in [0.4, 0.5) is 0 Å². The molecule has 1 N–H and O–H groups in total. The molecule has 0 unspecified atom stereocenters. The van der Waals surface area contributed by atoms with E-state index in [-0.39, 0.29) is 0 Å². The zero-order valence-corrected chi connectivity index (χ0v) is 13.0. The molecule has 0 aromatic heterocycles. The monoisotopic (exact) mass is 274 g/mol. The lowest BCUT2D eigenvalue weighted by Gasteiger charge is -2.24. The highest BCUT2D eigenvalue weighted by molar-refractivity contribution is 5.22. The van der Waals surface area contributed by atoms with E-state index in [1.807, 2.05) is 0 Å². The highest BCUT2D eigenvalue weighted by atomic mass is 15.1. The van der Waals surface area contributed by atoms with Gasteiger partial charge in [0.05, 0.1) is 0 Å². The number of hydrogen-bond acceptors (Lipinski definition) is 2. The van der Waals surface area contributed by atoms with Crippen molar-refractivity contribution in [1.82, 2.24) is 10.2 Å². The molecule has 0 aliphatic carbocycles. The molecule has 112 valence electrons. The molecular formula is C18H30N2. The Hall–Kier alpha value is -0.860. The normalized spacial score (nSPS) is 17.6. The predicted octanol–water partition coefficient (Wildman–Crippen LogP) is 3.95. The summed E-state index contributed by atoms with van der Waals surface area (Å²) < 4.78 is 0. The van der Waals surface area contributed by atoms with E-state index < -0.39 is 0 Å². The van der Waals surface area contributed by atoms with Crippen molar-refractivity contribution >= 4 is 0 Å². The summed E-state index contributed by atoms with van der Waals surface area (Å²) in [6, 6.07) is 9.17. The standard InChI is InChI=1S/C18H30N2/c1-2-12-19-15-17-8-10-18(11-9-17)16-20-13-6-4-3-5-7-14-20/h8-11,19H,2-7,12-16H2,1H3. The third kappa shape index (κ3) is 5.64. The molecule has 0 spiro atoms. The summed E-state index contributed by atoms with van der Waals surface area (Å²) in [5.74, 6) is 0. The van der Waals surface area contributed by atoms with Gasteiger partial charge in [0.2, 0.25) is 0 Å². The molecule has 0 amide bonds. The molecule has 0 saturated carbocycles. The topological polar surface area (TPSA) is 15.3 Å². The summed E-state index contributed by atoms with van der Waals surface area (Å²) in [4.78, 5) is 2.63.